The van der Waals surface area contributed by atoms with Crippen molar-refractivity contribution >= 4 is 17.4 Å². The molecule has 0 spiro atoms. The third-order valence-electron chi connectivity index (χ3n) is 4.31. The van der Waals surface area contributed by atoms with E-state index in [2.05, 4.69) is 20.8 Å². The molecular weight excluding hydrogens is 423 g/mol. The average molecular weight is 439 g/mol. The molecule has 2 aromatic carbocycles. The third-order valence-corrected chi connectivity index (χ3v) is 4.31. The maximum absolute atomic E-state index is 13.0. The topological polar surface area (TPSA) is 81.1 Å². The molecule has 0 bridgehead atoms. The van der Waals surface area contributed by atoms with Crippen molar-refractivity contribution in [3.8, 4) is 17.4 Å². The average Bonchev–Trinajstić information content (AvgIpc) is 3.30. The summed E-state index contributed by atoms with van der Waals surface area (Å²) in [6, 6.07) is 17.4. The Morgan fingerprint density at radius 1 is 0.844 bits per heavy atom. The van der Waals surface area contributed by atoms with Crippen LogP contribution in [0.1, 0.15) is 5.56 Å². The van der Waals surface area contributed by atoms with Crippen LogP contribution >= 0.6 is 0 Å². The van der Waals surface area contributed by atoms with Crippen molar-refractivity contribution in [1.82, 2.24) is 14.8 Å². The number of hydrogen-bond donors (Lipinski definition) is 2. The molecule has 2 amide bonds. The molecule has 2 N–H and O–H groups in total. The maximum atomic E-state index is 13.0. The molecule has 2 aromatic heterocycles. The van der Waals surface area contributed by atoms with E-state index in [0.29, 0.717) is 17.3 Å². The van der Waals surface area contributed by atoms with Gasteiger partial charge in [0.2, 0.25) is 5.88 Å². The number of carbonyl (C=O) groups is 1. The number of benzene rings is 2. The fraction of sp³-hybridized carbons (Fsp3) is 0.0455. The molecule has 0 radical (unpaired) electrons. The van der Waals surface area contributed by atoms with Gasteiger partial charge in [-0.15, -0.1) is 10.2 Å². The smallest absolute Gasteiger partial charge is 0.418 e. The molecule has 0 fully saturated rings. The van der Waals surface area contributed by atoms with Crippen molar-refractivity contribution in [3.05, 3.63) is 90.8 Å². The Labute approximate surface area is 180 Å². The van der Waals surface area contributed by atoms with Crippen molar-refractivity contribution in [2.45, 2.75) is 6.18 Å². The molecule has 0 saturated carbocycles. The summed E-state index contributed by atoms with van der Waals surface area (Å²) in [6.45, 7) is 0. The van der Waals surface area contributed by atoms with Crippen molar-refractivity contribution in [2.75, 3.05) is 10.6 Å². The Kier molecular flexibility index (Phi) is 5.75. The van der Waals surface area contributed by atoms with E-state index in [1.807, 2.05) is 24.5 Å². The van der Waals surface area contributed by atoms with E-state index in [0.717, 1.165) is 6.07 Å². The summed E-state index contributed by atoms with van der Waals surface area (Å²) in [4.78, 5) is 12.1. The number of nitrogens with one attached hydrogen (secondary N) is 2. The van der Waals surface area contributed by atoms with E-state index < -0.39 is 17.8 Å². The van der Waals surface area contributed by atoms with Gasteiger partial charge in [-0.05, 0) is 54.6 Å². The number of amides is 2. The minimum atomic E-state index is -4.58. The van der Waals surface area contributed by atoms with Crippen LogP contribution in [0.4, 0.5) is 29.3 Å². The van der Waals surface area contributed by atoms with Gasteiger partial charge < -0.3 is 19.9 Å². The van der Waals surface area contributed by atoms with Gasteiger partial charge in [0.05, 0.1) is 11.3 Å². The van der Waals surface area contributed by atoms with Gasteiger partial charge in [0.1, 0.15) is 5.75 Å². The second kappa shape index (κ2) is 8.80. The number of alkyl halides is 3. The SMILES string of the molecule is O=C(Nc1ccc(Oc2ccc(-n3cccc3)nn2)cc1)Nc1ccccc1C(F)(F)F. The second-order valence-electron chi connectivity index (χ2n) is 6.57. The van der Waals surface area contributed by atoms with Crippen LogP contribution in [0.3, 0.4) is 0 Å². The predicted octanol–water partition coefficient (Wildman–Crippen LogP) is 5.72. The number of para-hydroxylation sites is 1. The van der Waals surface area contributed by atoms with E-state index in [4.69, 9.17) is 4.74 Å². The minimum Gasteiger partial charge on any atom is -0.438 e. The fourth-order valence-electron chi connectivity index (χ4n) is 2.84. The first-order chi connectivity index (χ1) is 15.4. The van der Waals surface area contributed by atoms with Crippen LogP contribution in [-0.2, 0) is 6.18 Å². The second-order valence-corrected chi connectivity index (χ2v) is 6.57. The van der Waals surface area contributed by atoms with Crippen LogP contribution in [-0.4, -0.2) is 20.8 Å². The predicted molar refractivity (Wildman–Crippen MR) is 112 cm³/mol. The van der Waals surface area contributed by atoms with Gasteiger partial charge in [0.25, 0.3) is 0 Å². The summed E-state index contributed by atoms with van der Waals surface area (Å²) in [7, 11) is 0. The molecule has 0 aliphatic heterocycles. The molecule has 10 heteroatoms. The molecule has 7 nitrogen and oxygen atoms in total. The van der Waals surface area contributed by atoms with Crippen LogP contribution < -0.4 is 15.4 Å². The number of anilines is 2. The van der Waals surface area contributed by atoms with Crippen LogP contribution in [0.5, 0.6) is 11.6 Å². The van der Waals surface area contributed by atoms with Crippen molar-refractivity contribution in [3.63, 3.8) is 0 Å². The summed E-state index contributed by atoms with van der Waals surface area (Å²) in [6.07, 6.45) is -0.895. The van der Waals surface area contributed by atoms with Gasteiger partial charge in [-0.3, -0.25) is 0 Å². The maximum Gasteiger partial charge on any atom is 0.418 e. The quantitative estimate of drug-likeness (QED) is 0.417. The number of halogens is 3. The number of aromatic nitrogens is 3. The van der Waals surface area contributed by atoms with Crippen molar-refractivity contribution < 1.29 is 22.7 Å². The standard InChI is InChI=1S/C22H16F3N5O2/c23-22(24,25)17-5-1-2-6-18(17)27-21(31)26-15-7-9-16(10-8-15)32-20-12-11-19(28-29-20)30-13-3-4-14-30/h1-14H,(H2,26,27,31). The van der Waals surface area contributed by atoms with E-state index in [9.17, 15) is 18.0 Å². The highest BCUT2D eigenvalue weighted by Gasteiger charge is 2.33. The first-order valence-electron chi connectivity index (χ1n) is 9.38. The molecule has 162 valence electrons. The monoisotopic (exact) mass is 439 g/mol. The zero-order chi connectivity index (χ0) is 22.6. The van der Waals surface area contributed by atoms with Gasteiger partial charge >= 0.3 is 12.2 Å². The summed E-state index contributed by atoms with van der Waals surface area (Å²) < 4.78 is 46.6. The zero-order valence-electron chi connectivity index (χ0n) is 16.4. The van der Waals surface area contributed by atoms with Gasteiger partial charge in [-0.1, -0.05) is 12.1 Å². The molecule has 4 aromatic rings. The Morgan fingerprint density at radius 3 is 2.22 bits per heavy atom. The Balaban J connectivity index is 1.36. The van der Waals surface area contributed by atoms with Crippen molar-refractivity contribution in [1.29, 1.82) is 0 Å². The van der Waals surface area contributed by atoms with Gasteiger partial charge in [0.15, 0.2) is 5.82 Å². The molecule has 4 rings (SSSR count). The highest BCUT2D eigenvalue weighted by Crippen LogP contribution is 2.34. The number of ether oxygens (including phenoxy) is 1. The lowest BCUT2D eigenvalue weighted by atomic mass is 10.1. The lowest BCUT2D eigenvalue weighted by molar-refractivity contribution is -0.136. The largest absolute Gasteiger partial charge is 0.438 e. The third kappa shape index (κ3) is 5.04. The molecule has 0 saturated heterocycles. The summed E-state index contributed by atoms with van der Waals surface area (Å²) in [5, 5.41) is 12.8. The zero-order valence-corrected chi connectivity index (χ0v) is 16.4. The number of rotatable bonds is 5. The van der Waals surface area contributed by atoms with E-state index in [-0.39, 0.29) is 11.6 Å². The highest BCUT2D eigenvalue weighted by atomic mass is 19.4. The molecule has 32 heavy (non-hydrogen) atoms. The lowest BCUT2D eigenvalue weighted by Gasteiger charge is -2.14. The van der Waals surface area contributed by atoms with E-state index in [1.54, 1.807) is 41.0 Å². The number of carbonyl (C=O) groups excluding carboxylic acids is 1. The van der Waals surface area contributed by atoms with E-state index in [1.165, 1.54) is 18.2 Å². The van der Waals surface area contributed by atoms with Gasteiger partial charge in [-0.2, -0.15) is 13.2 Å². The number of urea groups is 1. The van der Waals surface area contributed by atoms with Gasteiger partial charge in [-0.25, -0.2) is 4.79 Å². The Morgan fingerprint density at radius 2 is 1.56 bits per heavy atom. The Hall–Kier alpha value is -4.34. The van der Waals surface area contributed by atoms with Crippen LogP contribution in [0.25, 0.3) is 5.82 Å². The van der Waals surface area contributed by atoms with Crippen LogP contribution in [0.15, 0.2) is 85.2 Å². The summed E-state index contributed by atoms with van der Waals surface area (Å²) >= 11 is 0. The first-order valence-corrected chi connectivity index (χ1v) is 9.38. The molecule has 0 unspecified atom stereocenters. The molecule has 0 aliphatic rings. The van der Waals surface area contributed by atoms with E-state index >= 15 is 0 Å². The minimum absolute atomic E-state index is 0.281. The van der Waals surface area contributed by atoms with Crippen molar-refractivity contribution in [2.24, 2.45) is 0 Å². The summed E-state index contributed by atoms with van der Waals surface area (Å²) in [5.41, 5.74) is -0.893. The molecule has 0 aliphatic carbocycles. The van der Waals surface area contributed by atoms with Gasteiger partial charge in [0, 0.05) is 24.1 Å². The normalized spacial score (nSPS) is 11.1. The number of nitrogens with zero attached hydrogens (tertiary/aromatic N) is 3. The fourth-order valence-corrected chi connectivity index (χ4v) is 2.84. The highest BCUT2D eigenvalue weighted by molar-refractivity contribution is 6.00. The first kappa shape index (κ1) is 20.9. The summed E-state index contributed by atoms with van der Waals surface area (Å²) in [5.74, 6) is 1.37. The van der Waals surface area contributed by atoms with Crippen LogP contribution in [0, 0.1) is 0 Å². The Bertz CT molecular complexity index is 1190. The lowest BCUT2D eigenvalue weighted by Crippen LogP contribution is -2.21. The molecule has 2 heterocycles. The number of hydrogen-bond acceptors (Lipinski definition) is 4. The molecule has 0 atom stereocenters. The van der Waals surface area contributed by atoms with Crippen LogP contribution in [0.2, 0.25) is 0 Å². The molecular formula is C22H16F3N5O2.